The first-order valence-corrected chi connectivity index (χ1v) is 11.7. The summed E-state index contributed by atoms with van der Waals surface area (Å²) in [4.78, 5) is 35.9. The predicted molar refractivity (Wildman–Crippen MR) is 121 cm³/mol. The quantitative estimate of drug-likeness (QED) is 0.434. The zero-order valence-corrected chi connectivity index (χ0v) is 19.2. The zero-order chi connectivity index (χ0) is 24.6. The molecule has 0 unspecified atom stereocenters. The first kappa shape index (κ1) is 25.1. The third-order valence-corrected chi connectivity index (χ3v) is 6.76. The van der Waals surface area contributed by atoms with E-state index in [1.54, 1.807) is 24.3 Å². The van der Waals surface area contributed by atoms with E-state index in [0.29, 0.717) is 37.6 Å². The number of carbonyl (C=O) groups excluding carboxylic acids is 3. The number of ether oxygens (including phenoxy) is 3. The SMILES string of the molecule is COc1ccc(C(=O)NC(=O)COC(=O)/C=C/c2ccc(S(=O)(=O)N3CCOCC3)cc2)cc1. The third-order valence-electron chi connectivity index (χ3n) is 4.85. The van der Waals surface area contributed by atoms with Crippen LogP contribution in [0.4, 0.5) is 0 Å². The molecule has 0 radical (unpaired) electrons. The van der Waals surface area contributed by atoms with Crippen molar-refractivity contribution in [2.45, 2.75) is 4.90 Å². The minimum Gasteiger partial charge on any atom is -0.497 e. The van der Waals surface area contributed by atoms with Crippen molar-refractivity contribution in [2.24, 2.45) is 0 Å². The van der Waals surface area contributed by atoms with Gasteiger partial charge in [0.2, 0.25) is 10.0 Å². The summed E-state index contributed by atoms with van der Waals surface area (Å²) in [7, 11) is -2.11. The number of methoxy groups -OCH3 is 1. The third kappa shape index (κ3) is 6.73. The van der Waals surface area contributed by atoms with Crippen molar-refractivity contribution < 1.29 is 37.0 Å². The first-order chi connectivity index (χ1) is 16.3. The van der Waals surface area contributed by atoms with E-state index in [0.717, 1.165) is 6.08 Å². The highest BCUT2D eigenvalue weighted by atomic mass is 32.2. The Balaban J connectivity index is 1.47. The van der Waals surface area contributed by atoms with Crippen LogP contribution in [0, 0.1) is 0 Å². The summed E-state index contributed by atoms with van der Waals surface area (Å²) < 4.78 is 41.6. The van der Waals surface area contributed by atoms with Crippen molar-refractivity contribution in [3.8, 4) is 5.75 Å². The van der Waals surface area contributed by atoms with Crippen LogP contribution < -0.4 is 10.1 Å². The largest absolute Gasteiger partial charge is 0.497 e. The van der Waals surface area contributed by atoms with Crippen LogP contribution in [0.2, 0.25) is 0 Å². The van der Waals surface area contributed by atoms with Crippen LogP contribution in [0.1, 0.15) is 15.9 Å². The Morgan fingerprint density at radius 2 is 1.68 bits per heavy atom. The van der Waals surface area contributed by atoms with E-state index >= 15 is 0 Å². The number of carbonyl (C=O) groups is 3. The van der Waals surface area contributed by atoms with Crippen molar-refractivity contribution >= 4 is 33.9 Å². The standard InChI is InChI=1S/C23H24N2O8S/c1-31-19-7-5-18(6-8-19)23(28)24-21(26)16-33-22(27)11-4-17-2-9-20(10-3-17)34(29,30)25-12-14-32-15-13-25/h2-11H,12-16H2,1H3,(H,24,26,28)/b11-4+. The Labute approximate surface area is 197 Å². The first-order valence-electron chi connectivity index (χ1n) is 10.3. The molecule has 34 heavy (non-hydrogen) atoms. The Bertz CT molecular complexity index is 1150. The fourth-order valence-electron chi connectivity index (χ4n) is 3.01. The molecule has 1 aliphatic rings. The molecule has 3 rings (SSSR count). The topological polar surface area (TPSA) is 128 Å². The number of nitrogens with zero attached hydrogens (tertiary/aromatic N) is 1. The molecule has 2 aromatic rings. The number of benzene rings is 2. The monoisotopic (exact) mass is 488 g/mol. The molecule has 11 heteroatoms. The second-order valence-electron chi connectivity index (χ2n) is 7.13. The number of imide groups is 1. The Morgan fingerprint density at radius 3 is 2.29 bits per heavy atom. The second kappa shape index (κ2) is 11.5. The fourth-order valence-corrected chi connectivity index (χ4v) is 4.42. The summed E-state index contributed by atoms with van der Waals surface area (Å²) in [6.45, 7) is 0.678. The summed E-state index contributed by atoms with van der Waals surface area (Å²) in [6, 6.07) is 12.2. The van der Waals surface area contributed by atoms with Crippen LogP contribution in [-0.2, 0) is 29.1 Å². The smallest absolute Gasteiger partial charge is 0.331 e. The molecule has 1 saturated heterocycles. The van der Waals surface area contributed by atoms with Crippen LogP contribution in [0.3, 0.4) is 0 Å². The Kier molecular flexibility index (Phi) is 8.52. The van der Waals surface area contributed by atoms with Crippen molar-refractivity contribution in [3.63, 3.8) is 0 Å². The van der Waals surface area contributed by atoms with E-state index in [4.69, 9.17) is 14.2 Å². The molecule has 0 bridgehead atoms. The lowest BCUT2D eigenvalue weighted by Gasteiger charge is -2.26. The lowest BCUT2D eigenvalue weighted by molar-refractivity contribution is -0.143. The van der Waals surface area contributed by atoms with Gasteiger partial charge in [-0.15, -0.1) is 0 Å². The maximum absolute atomic E-state index is 12.6. The molecule has 2 aromatic carbocycles. The molecule has 1 N–H and O–H groups in total. The predicted octanol–water partition coefficient (Wildman–Crippen LogP) is 1.23. The number of amides is 2. The molecule has 2 amide bonds. The Morgan fingerprint density at radius 1 is 1.03 bits per heavy atom. The van der Waals surface area contributed by atoms with E-state index in [1.807, 2.05) is 0 Å². The van der Waals surface area contributed by atoms with Gasteiger partial charge in [0.15, 0.2) is 6.61 Å². The van der Waals surface area contributed by atoms with Gasteiger partial charge in [-0.25, -0.2) is 13.2 Å². The highest BCUT2D eigenvalue weighted by Crippen LogP contribution is 2.18. The highest BCUT2D eigenvalue weighted by Gasteiger charge is 2.26. The van der Waals surface area contributed by atoms with E-state index in [2.05, 4.69) is 5.32 Å². The summed E-state index contributed by atoms with van der Waals surface area (Å²) in [5, 5.41) is 2.12. The highest BCUT2D eigenvalue weighted by molar-refractivity contribution is 7.89. The van der Waals surface area contributed by atoms with Gasteiger partial charge >= 0.3 is 5.97 Å². The summed E-state index contributed by atoms with van der Waals surface area (Å²) in [6.07, 6.45) is 2.53. The average molecular weight is 489 g/mol. The number of hydrogen-bond donors (Lipinski definition) is 1. The maximum atomic E-state index is 12.6. The molecule has 0 saturated carbocycles. The lowest BCUT2D eigenvalue weighted by atomic mass is 10.2. The molecule has 1 fully saturated rings. The van der Waals surface area contributed by atoms with Crippen LogP contribution in [0.15, 0.2) is 59.5 Å². The average Bonchev–Trinajstić information content (AvgIpc) is 2.87. The lowest BCUT2D eigenvalue weighted by Crippen LogP contribution is -2.40. The molecule has 10 nitrogen and oxygen atoms in total. The van der Waals surface area contributed by atoms with Crippen molar-refractivity contribution in [2.75, 3.05) is 40.0 Å². The van der Waals surface area contributed by atoms with Crippen molar-refractivity contribution in [1.82, 2.24) is 9.62 Å². The van der Waals surface area contributed by atoms with E-state index < -0.39 is 34.4 Å². The Hall–Kier alpha value is -3.54. The van der Waals surface area contributed by atoms with Gasteiger partial charge in [0, 0.05) is 24.7 Å². The minimum atomic E-state index is -3.60. The number of nitrogens with one attached hydrogen (secondary N) is 1. The van der Waals surface area contributed by atoms with Crippen LogP contribution in [0.5, 0.6) is 5.75 Å². The van der Waals surface area contributed by atoms with Gasteiger partial charge in [-0.2, -0.15) is 4.31 Å². The van der Waals surface area contributed by atoms with E-state index in [1.165, 1.54) is 41.8 Å². The summed E-state index contributed by atoms with van der Waals surface area (Å²) >= 11 is 0. The van der Waals surface area contributed by atoms with Crippen LogP contribution in [-0.4, -0.2) is 70.5 Å². The number of morpholine rings is 1. The van der Waals surface area contributed by atoms with Crippen molar-refractivity contribution in [3.05, 3.63) is 65.7 Å². The molecule has 0 spiro atoms. The van der Waals surface area contributed by atoms with E-state index in [-0.39, 0.29) is 10.5 Å². The minimum absolute atomic E-state index is 0.146. The zero-order valence-electron chi connectivity index (χ0n) is 18.4. The maximum Gasteiger partial charge on any atom is 0.331 e. The van der Waals surface area contributed by atoms with Crippen LogP contribution in [0.25, 0.3) is 6.08 Å². The molecule has 0 aliphatic carbocycles. The van der Waals surface area contributed by atoms with Gasteiger partial charge < -0.3 is 14.2 Å². The van der Waals surface area contributed by atoms with E-state index in [9.17, 15) is 22.8 Å². The molecule has 0 atom stereocenters. The van der Waals surface area contributed by atoms with Gasteiger partial charge in [0.1, 0.15) is 5.75 Å². The number of esters is 1. The second-order valence-corrected chi connectivity index (χ2v) is 9.07. The van der Waals surface area contributed by atoms with Gasteiger partial charge in [-0.05, 0) is 48.0 Å². The van der Waals surface area contributed by atoms with Gasteiger partial charge in [-0.3, -0.25) is 14.9 Å². The summed E-state index contributed by atoms with van der Waals surface area (Å²) in [5.74, 6) is -1.64. The van der Waals surface area contributed by atoms with Crippen LogP contribution >= 0.6 is 0 Å². The number of sulfonamides is 1. The molecule has 0 aromatic heterocycles. The molecule has 180 valence electrons. The molecule has 1 heterocycles. The molecule has 1 aliphatic heterocycles. The fraction of sp³-hybridized carbons (Fsp3) is 0.261. The van der Waals surface area contributed by atoms with Gasteiger partial charge in [-0.1, -0.05) is 12.1 Å². The summed E-state index contributed by atoms with van der Waals surface area (Å²) in [5.41, 5.74) is 0.816. The number of hydrogen-bond acceptors (Lipinski definition) is 8. The number of rotatable bonds is 8. The molecular weight excluding hydrogens is 464 g/mol. The normalized spacial score (nSPS) is 14.5. The molecular formula is C23H24N2O8S. The van der Waals surface area contributed by atoms with Crippen molar-refractivity contribution in [1.29, 1.82) is 0 Å². The van der Waals surface area contributed by atoms with Gasteiger partial charge in [0.05, 0.1) is 25.2 Å². The van der Waals surface area contributed by atoms with Gasteiger partial charge in [0.25, 0.3) is 11.8 Å².